The summed E-state index contributed by atoms with van der Waals surface area (Å²) in [6.45, 7) is 0. The highest BCUT2D eigenvalue weighted by atomic mass is 35.5. The van der Waals surface area contributed by atoms with E-state index in [1.165, 1.54) is 0 Å². The number of aromatic hydroxyl groups is 1. The van der Waals surface area contributed by atoms with E-state index in [-0.39, 0.29) is 22.9 Å². The average molecular weight is 261 g/mol. The Morgan fingerprint density at radius 1 is 1.39 bits per heavy atom. The van der Waals surface area contributed by atoms with Crippen LogP contribution in [0, 0.1) is 11.3 Å². The third-order valence-electron chi connectivity index (χ3n) is 4.90. The first-order valence-corrected chi connectivity index (χ1v) is 6.75. The molecule has 0 amide bonds. The number of phenolic OH excluding ortho intramolecular Hbond substituents is 1. The van der Waals surface area contributed by atoms with E-state index in [9.17, 15) is 9.90 Å². The molecule has 92 valence electrons. The molecule has 0 heterocycles. The molecule has 18 heavy (non-hydrogen) atoms. The third-order valence-corrected chi connectivity index (χ3v) is 5.32. The van der Waals surface area contributed by atoms with E-state index in [2.05, 4.69) is 0 Å². The predicted molar refractivity (Wildman–Crippen MR) is 69.6 cm³/mol. The summed E-state index contributed by atoms with van der Waals surface area (Å²) in [5.74, 6) is 0.637. The highest BCUT2D eigenvalue weighted by Crippen LogP contribution is 2.61. The summed E-state index contributed by atoms with van der Waals surface area (Å²) in [5, 5.41) is 10.2. The fraction of sp³-hybridized carbons (Fsp3) is 0.400. The van der Waals surface area contributed by atoms with Crippen LogP contribution in [0.25, 0.3) is 5.57 Å². The fourth-order valence-electron chi connectivity index (χ4n) is 4.02. The Kier molecular flexibility index (Phi) is 1.88. The van der Waals surface area contributed by atoms with E-state index in [4.69, 9.17) is 11.6 Å². The van der Waals surface area contributed by atoms with E-state index in [1.807, 2.05) is 12.1 Å². The first-order valence-electron chi connectivity index (χ1n) is 6.37. The maximum atomic E-state index is 12.0. The highest BCUT2D eigenvalue weighted by molar-refractivity contribution is 6.33. The zero-order valence-corrected chi connectivity index (χ0v) is 10.6. The molecule has 0 radical (unpaired) electrons. The van der Waals surface area contributed by atoms with Gasteiger partial charge in [-0.3, -0.25) is 4.79 Å². The minimum atomic E-state index is 0.123. The van der Waals surface area contributed by atoms with Gasteiger partial charge in [0.25, 0.3) is 0 Å². The van der Waals surface area contributed by atoms with Gasteiger partial charge >= 0.3 is 0 Å². The van der Waals surface area contributed by atoms with Crippen LogP contribution in [0.5, 0.6) is 5.75 Å². The highest BCUT2D eigenvalue weighted by Gasteiger charge is 2.52. The van der Waals surface area contributed by atoms with Gasteiger partial charge in [0.05, 0.1) is 5.02 Å². The number of carbonyl (C=O) groups excluding carboxylic acids is 1. The van der Waals surface area contributed by atoms with Crippen LogP contribution < -0.4 is 0 Å². The predicted octanol–water partition coefficient (Wildman–Crippen LogP) is 3.35. The smallest absolute Gasteiger partial charge is 0.159 e. The van der Waals surface area contributed by atoms with Crippen molar-refractivity contribution in [1.29, 1.82) is 0 Å². The second kappa shape index (κ2) is 3.18. The Bertz CT molecular complexity index is 617. The van der Waals surface area contributed by atoms with Crippen molar-refractivity contribution in [2.75, 3.05) is 0 Å². The molecule has 1 fully saturated rings. The van der Waals surface area contributed by atoms with Gasteiger partial charge in [0.1, 0.15) is 5.75 Å². The molecule has 0 aromatic heterocycles. The van der Waals surface area contributed by atoms with Crippen LogP contribution >= 0.6 is 11.6 Å². The van der Waals surface area contributed by atoms with E-state index >= 15 is 0 Å². The van der Waals surface area contributed by atoms with Crippen molar-refractivity contribution in [1.82, 2.24) is 0 Å². The largest absolute Gasteiger partial charge is 0.506 e. The molecular formula is C15H13ClO2. The standard InChI is InChI=1S/C15H13ClO2/c16-14-10-7-15-4-3-8(6-15)13(18)5-11(15)9(10)1-2-12(14)17/h1-2,5,8,17H,3-4,6-7H2/t8?,15-/m0/s1. The maximum Gasteiger partial charge on any atom is 0.159 e. The third kappa shape index (κ3) is 1.12. The number of fused-ring (bicyclic) bond motifs is 3. The van der Waals surface area contributed by atoms with Gasteiger partial charge in [-0.15, -0.1) is 0 Å². The van der Waals surface area contributed by atoms with E-state index in [1.54, 1.807) is 6.07 Å². The summed E-state index contributed by atoms with van der Waals surface area (Å²) in [7, 11) is 0. The van der Waals surface area contributed by atoms with Gasteiger partial charge in [0, 0.05) is 11.3 Å². The monoisotopic (exact) mass is 260 g/mol. The van der Waals surface area contributed by atoms with Crippen molar-refractivity contribution >= 4 is 23.0 Å². The molecule has 1 saturated carbocycles. The lowest BCUT2D eigenvalue weighted by atomic mass is 9.74. The summed E-state index contributed by atoms with van der Waals surface area (Å²) in [5.41, 5.74) is 3.39. The fourth-order valence-corrected chi connectivity index (χ4v) is 4.25. The Balaban J connectivity index is 1.98. The van der Waals surface area contributed by atoms with Crippen molar-refractivity contribution in [2.24, 2.45) is 11.3 Å². The molecule has 3 heteroatoms. The van der Waals surface area contributed by atoms with Crippen molar-refractivity contribution < 1.29 is 9.90 Å². The van der Waals surface area contributed by atoms with Crippen LogP contribution in [0.3, 0.4) is 0 Å². The van der Waals surface area contributed by atoms with E-state index in [0.29, 0.717) is 5.02 Å². The lowest BCUT2D eigenvalue weighted by Crippen LogP contribution is -2.23. The van der Waals surface area contributed by atoms with Crippen molar-refractivity contribution in [2.45, 2.75) is 25.7 Å². The van der Waals surface area contributed by atoms with Crippen LogP contribution in [-0.2, 0) is 11.2 Å². The van der Waals surface area contributed by atoms with Crippen molar-refractivity contribution in [3.8, 4) is 5.75 Å². The van der Waals surface area contributed by atoms with Crippen LogP contribution in [-0.4, -0.2) is 10.9 Å². The Morgan fingerprint density at radius 2 is 2.22 bits per heavy atom. The molecule has 2 atom stereocenters. The zero-order chi connectivity index (χ0) is 12.5. The summed E-state index contributed by atoms with van der Waals surface area (Å²) in [6, 6.07) is 3.54. The van der Waals surface area contributed by atoms with E-state index in [0.717, 1.165) is 42.4 Å². The quantitative estimate of drug-likeness (QED) is 0.777. The summed E-state index contributed by atoms with van der Waals surface area (Å²) >= 11 is 6.21. The molecule has 1 unspecified atom stereocenters. The second-order valence-electron chi connectivity index (χ2n) is 5.78. The number of phenols is 1. The molecule has 0 saturated heterocycles. The zero-order valence-electron chi connectivity index (χ0n) is 9.87. The Hall–Kier alpha value is -1.28. The second-order valence-corrected chi connectivity index (χ2v) is 6.16. The first-order chi connectivity index (χ1) is 8.61. The Labute approximate surface area is 110 Å². The number of carbonyl (C=O) groups is 1. The molecule has 2 bridgehead atoms. The van der Waals surface area contributed by atoms with Crippen LogP contribution in [0.4, 0.5) is 0 Å². The number of halogens is 1. The first kappa shape index (κ1) is 10.6. The minimum Gasteiger partial charge on any atom is -0.506 e. The van der Waals surface area contributed by atoms with Gasteiger partial charge < -0.3 is 5.11 Å². The topological polar surface area (TPSA) is 37.3 Å². The van der Waals surface area contributed by atoms with Gasteiger partial charge in [-0.1, -0.05) is 17.7 Å². The van der Waals surface area contributed by atoms with Gasteiger partial charge in [0.15, 0.2) is 5.78 Å². The molecule has 3 aliphatic rings. The normalized spacial score (nSPS) is 32.2. The van der Waals surface area contributed by atoms with Crippen LogP contribution in [0.2, 0.25) is 5.02 Å². The molecule has 4 rings (SSSR count). The molecule has 2 nitrogen and oxygen atoms in total. The molecule has 1 N–H and O–H groups in total. The number of ketones is 1. The molecule has 3 aliphatic carbocycles. The van der Waals surface area contributed by atoms with Crippen molar-refractivity contribution in [3.05, 3.63) is 34.4 Å². The lowest BCUT2D eigenvalue weighted by Gasteiger charge is -2.28. The molecular weight excluding hydrogens is 248 g/mol. The van der Waals surface area contributed by atoms with Crippen LogP contribution in [0.15, 0.2) is 18.2 Å². The summed E-state index contributed by atoms with van der Waals surface area (Å²) in [6.07, 6.45) is 5.74. The SMILES string of the molecule is O=C1C=C2c3ccc(O)c(Cl)c3C[C@@]23CCC1C3. The van der Waals surface area contributed by atoms with Crippen LogP contribution in [0.1, 0.15) is 30.4 Å². The van der Waals surface area contributed by atoms with Gasteiger partial charge in [0.2, 0.25) is 0 Å². The van der Waals surface area contributed by atoms with Crippen molar-refractivity contribution in [3.63, 3.8) is 0 Å². The number of hydrogen-bond donors (Lipinski definition) is 1. The number of hydrogen-bond acceptors (Lipinski definition) is 2. The van der Waals surface area contributed by atoms with Gasteiger partial charge in [-0.2, -0.15) is 0 Å². The van der Waals surface area contributed by atoms with Gasteiger partial charge in [-0.05, 0) is 54.5 Å². The number of rotatable bonds is 0. The molecule has 0 aliphatic heterocycles. The van der Waals surface area contributed by atoms with E-state index < -0.39 is 0 Å². The molecule has 1 spiro atoms. The van der Waals surface area contributed by atoms with Gasteiger partial charge in [-0.25, -0.2) is 0 Å². The summed E-state index contributed by atoms with van der Waals surface area (Å²) in [4.78, 5) is 12.0. The minimum absolute atomic E-state index is 0.123. The molecule has 1 aromatic carbocycles. The lowest BCUT2D eigenvalue weighted by molar-refractivity contribution is -0.118. The number of allylic oxidation sites excluding steroid dienone is 2. The molecule has 1 aromatic rings. The average Bonchev–Trinajstić information content (AvgIpc) is 2.87. The Morgan fingerprint density at radius 3 is 3.06 bits per heavy atom. The maximum absolute atomic E-state index is 12.0. The summed E-state index contributed by atoms with van der Waals surface area (Å²) < 4.78 is 0. The number of benzene rings is 1.